The number of benzene rings is 2. The highest BCUT2D eigenvalue weighted by atomic mass is 32.2. The van der Waals surface area contributed by atoms with Gasteiger partial charge >= 0.3 is 5.97 Å². The minimum Gasteiger partial charge on any atom is -0.466 e. The minimum atomic E-state index is -3.47. The topological polar surface area (TPSA) is 119 Å². The number of rotatable bonds is 6. The van der Waals surface area contributed by atoms with Crippen LogP contribution in [0.25, 0.3) is 20.2 Å². The Kier molecular flexibility index (Phi) is 10.1. The summed E-state index contributed by atoms with van der Waals surface area (Å²) in [7, 11) is -2.16. The molecule has 12 heteroatoms. The lowest BCUT2D eigenvalue weighted by Gasteiger charge is -2.30. The average molecular weight is 721 g/mol. The molecule has 0 bridgehead atoms. The molecule has 0 saturated carbocycles. The summed E-state index contributed by atoms with van der Waals surface area (Å²) in [6, 6.07) is 12.4. The van der Waals surface area contributed by atoms with Crippen molar-refractivity contribution < 1.29 is 31.9 Å². The smallest absolute Gasteiger partial charge is 0.336 e. The van der Waals surface area contributed by atoms with Gasteiger partial charge in [-0.2, -0.15) is 0 Å². The summed E-state index contributed by atoms with van der Waals surface area (Å²) >= 11 is 3.02. The molecule has 0 fully saturated rings. The normalized spacial score (nSPS) is 18.3. The molecule has 2 N–H and O–H groups in total. The van der Waals surface area contributed by atoms with E-state index in [1.165, 1.54) is 50.7 Å². The number of dihydropyridines is 2. The molecule has 2 aromatic carbocycles. The molecule has 256 valence electrons. The molecular weight excluding hydrogens is 684 g/mol. The molecule has 0 aliphatic carbocycles. The first-order valence-electron chi connectivity index (χ1n) is 15.4. The molecule has 2 aliphatic heterocycles. The van der Waals surface area contributed by atoms with Gasteiger partial charge in [-0.05, 0) is 98.5 Å². The predicted octanol–water partition coefficient (Wildman–Crippen LogP) is 7.76. The Hall–Kier alpha value is -4.39. The predicted molar refractivity (Wildman–Crippen MR) is 194 cm³/mol. The van der Waals surface area contributed by atoms with Crippen molar-refractivity contribution in [3.05, 3.63) is 115 Å². The van der Waals surface area contributed by atoms with Gasteiger partial charge in [-0.25, -0.2) is 17.6 Å². The number of esters is 1. The largest absolute Gasteiger partial charge is 0.466 e. The Labute approximate surface area is 293 Å². The van der Waals surface area contributed by atoms with E-state index in [-0.39, 0.29) is 22.3 Å². The van der Waals surface area contributed by atoms with Crippen LogP contribution in [-0.2, 0) is 29.0 Å². The van der Waals surface area contributed by atoms with Crippen molar-refractivity contribution in [3.63, 3.8) is 0 Å². The lowest BCUT2D eigenvalue weighted by atomic mass is 9.79. The first-order chi connectivity index (χ1) is 23.1. The van der Waals surface area contributed by atoms with Gasteiger partial charge in [0.15, 0.2) is 21.4 Å². The zero-order valence-electron chi connectivity index (χ0n) is 28.4. The van der Waals surface area contributed by atoms with Crippen molar-refractivity contribution in [1.82, 2.24) is 10.6 Å². The number of sulfone groups is 1. The molecule has 2 atom stereocenters. The molecule has 0 spiro atoms. The first-order valence-corrected chi connectivity index (χ1v) is 19.0. The van der Waals surface area contributed by atoms with Crippen LogP contribution in [0.5, 0.6) is 0 Å². The number of carbonyl (C=O) groups is 3. The van der Waals surface area contributed by atoms with Gasteiger partial charge in [-0.3, -0.25) is 9.59 Å². The molecule has 49 heavy (non-hydrogen) atoms. The lowest BCUT2D eigenvalue weighted by molar-refractivity contribution is -0.136. The molecule has 4 aromatic rings. The van der Waals surface area contributed by atoms with Gasteiger partial charge < -0.3 is 15.4 Å². The van der Waals surface area contributed by atoms with E-state index in [1.807, 2.05) is 41.9 Å². The van der Waals surface area contributed by atoms with Crippen molar-refractivity contribution in [2.24, 2.45) is 0 Å². The van der Waals surface area contributed by atoms with Crippen molar-refractivity contribution in [2.75, 3.05) is 13.4 Å². The zero-order chi connectivity index (χ0) is 35.9. The second kappa shape index (κ2) is 13.9. The number of Topliss-reactive ketones (excluding diaryl/α,β-unsaturated/α-hetero) is 2. The van der Waals surface area contributed by atoms with Crippen LogP contribution in [0, 0.1) is 5.82 Å². The first kappa shape index (κ1) is 35.9. The number of allylic oxidation sites excluding steroid dienone is 7. The second-order valence-corrected chi connectivity index (χ2v) is 15.9. The van der Waals surface area contributed by atoms with E-state index >= 15 is 0 Å². The third-order valence-electron chi connectivity index (χ3n) is 8.72. The van der Waals surface area contributed by atoms with Crippen LogP contribution >= 0.6 is 22.7 Å². The van der Waals surface area contributed by atoms with Gasteiger partial charge in [0.25, 0.3) is 0 Å². The van der Waals surface area contributed by atoms with Crippen LogP contribution in [0.4, 0.5) is 4.39 Å². The van der Waals surface area contributed by atoms with Crippen LogP contribution in [0.1, 0.15) is 64.5 Å². The van der Waals surface area contributed by atoms with Gasteiger partial charge in [0, 0.05) is 55.5 Å². The van der Waals surface area contributed by atoms with Crippen LogP contribution in [-0.4, -0.2) is 39.3 Å². The van der Waals surface area contributed by atoms with Crippen LogP contribution < -0.4 is 10.6 Å². The number of halogens is 1. The fourth-order valence-electron chi connectivity index (χ4n) is 6.85. The standard InChI is InChI=1S/C19H18FNO3S.C18H19NO3S2/c1-9-16(11(3)22)18(17(10(2)21-9)19(23)24-4)14-8-25-15-6-5-12(20)7-13(14)15;1-10-16(12(3)20)17(18(11(2)19-10)24(4,21)22)14-9-23-15-8-6-5-7-13(14)15/h5-8,18,21H,1-4H3;5-9,17,19H,1-4H3. The van der Waals surface area contributed by atoms with Gasteiger partial charge in [-0.1, -0.05) is 18.2 Å². The van der Waals surface area contributed by atoms with E-state index in [2.05, 4.69) is 10.6 Å². The molecule has 0 radical (unpaired) electrons. The summed E-state index contributed by atoms with van der Waals surface area (Å²) in [5, 5.41) is 11.7. The molecule has 4 heterocycles. The van der Waals surface area contributed by atoms with E-state index < -0.39 is 27.6 Å². The Morgan fingerprint density at radius 1 is 0.735 bits per heavy atom. The van der Waals surface area contributed by atoms with E-state index in [1.54, 1.807) is 38.2 Å². The van der Waals surface area contributed by atoms with Gasteiger partial charge in [0.05, 0.1) is 23.5 Å². The van der Waals surface area contributed by atoms with E-state index in [0.717, 1.165) is 25.9 Å². The third-order valence-corrected chi connectivity index (χ3v) is 12.0. The van der Waals surface area contributed by atoms with E-state index in [4.69, 9.17) is 4.74 Å². The molecule has 0 saturated heterocycles. The Morgan fingerprint density at radius 2 is 1.24 bits per heavy atom. The monoisotopic (exact) mass is 720 g/mol. The highest BCUT2D eigenvalue weighted by Crippen LogP contribution is 2.46. The van der Waals surface area contributed by atoms with Crippen molar-refractivity contribution in [2.45, 2.75) is 53.4 Å². The highest BCUT2D eigenvalue weighted by Gasteiger charge is 2.38. The number of hydrogen-bond acceptors (Lipinski definition) is 10. The number of ketones is 2. The van der Waals surface area contributed by atoms with Crippen molar-refractivity contribution in [1.29, 1.82) is 0 Å². The second-order valence-electron chi connectivity index (χ2n) is 12.1. The van der Waals surface area contributed by atoms with Gasteiger partial charge in [0.1, 0.15) is 5.82 Å². The maximum Gasteiger partial charge on any atom is 0.336 e. The van der Waals surface area contributed by atoms with Crippen LogP contribution in [0.15, 0.2) is 97.6 Å². The fourth-order valence-corrected chi connectivity index (χ4v) is 10.1. The average Bonchev–Trinajstić information content (AvgIpc) is 3.63. The molecule has 6 rings (SSSR count). The molecule has 2 aliphatic rings. The summed E-state index contributed by atoms with van der Waals surface area (Å²) in [5.41, 5.74) is 5.63. The number of carbonyl (C=O) groups excluding carboxylic acids is 3. The number of methoxy groups -OCH3 is 1. The van der Waals surface area contributed by atoms with Crippen molar-refractivity contribution >= 4 is 70.2 Å². The zero-order valence-corrected chi connectivity index (χ0v) is 30.9. The number of ether oxygens (including phenoxy) is 1. The highest BCUT2D eigenvalue weighted by molar-refractivity contribution is 7.94. The lowest BCUT2D eigenvalue weighted by Crippen LogP contribution is -2.30. The molecule has 2 unspecified atom stereocenters. The maximum atomic E-state index is 13.8. The molecular formula is C37H37FN2O6S3. The Balaban J connectivity index is 0.000000191. The van der Waals surface area contributed by atoms with Crippen LogP contribution in [0.3, 0.4) is 0 Å². The number of nitrogens with one attached hydrogen (secondary N) is 2. The van der Waals surface area contributed by atoms with Gasteiger partial charge in [0.2, 0.25) is 0 Å². The van der Waals surface area contributed by atoms with Gasteiger partial charge in [-0.15, -0.1) is 22.7 Å². The summed E-state index contributed by atoms with van der Waals surface area (Å²) < 4.78 is 45.7. The summed E-state index contributed by atoms with van der Waals surface area (Å²) in [5.74, 6) is -2.26. The molecule has 8 nitrogen and oxygen atoms in total. The minimum absolute atomic E-state index is 0.117. The summed E-state index contributed by atoms with van der Waals surface area (Å²) in [4.78, 5) is 37.4. The van der Waals surface area contributed by atoms with Crippen LogP contribution in [0.2, 0.25) is 0 Å². The maximum absolute atomic E-state index is 13.8. The number of thiophene rings is 2. The van der Waals surface area contributed by atoms with Crippen molar-refractivity contribution in [3.8, 4) is 0 Å². The SMILES string of the molecule is CC(=O)C1=C(C)NC(C)=C(S(C)(=O)=O)C1c1csc2ccccc12.COC(=O)C1=C(C)NC(C)=C(C(C)=O)C1c1csc2ccc(F)cc12. The Morgan fingerprint density at radius 3 is 1.82 bits per heavy atom. The number of hydrogen-bond donors (Lipinski definition) is 2. The number of fused-ring (bicyclic) bond motifs is 2. The third kappa shape index (κ3) is 6.77. The van der Waals surface area contributed by atoms with E-state index in [0.29, 0.717) is 44.9 Å². The summed E-state index contributed by atoms with van der Waals surface area (Å²) in [6.45, 7) is 10.1. The Bertz CT molecular complexity index is 2290. The fraction of sp³-hybridized carbons (Fsp3) is 0.270. The molecule has 2 aromatic heterocycles. The summed E-state index contributed by atoms with van der Waals surface area (Å²) in [6.07, 6.45) is 1.20. The molecule has 0 amide bonds. The van der Waals surface area contributed by atoms with E-state index in [9.17, 15) is 27.2 Å². The quantitative estimate of drug-likeness (QED) is 0.194.